The van der Waals surface area contributed by atoms with Crippen molar-refractivity contribution >= 4 is 28.8 Å². The lowest BCUT2D eigenvalue weighted by atomic mass is 9.85. The number of para-hydroxylation sites is 2. The predicted octanol–water partition coefficient (Wildman–Crippen LogP) is 3.22. The van der Waals surface area contributed by atoms with Crippen LogP contribution in [0.4, 0.5) is 11.4 Å². The van der Waals surface area contributed by atoms with Crippen LogP contribution in [-0.4, -0.2) is 41.9 Å². The van der Waals surface area contributed by atoms with Crippen LogP contribution in [-0.2, 0) is 4.79 Å². The van der Waals surface area contributed by atoms with E-state index < -0.39 is 0 Å². The summed E-state index contributed by atoms with van der Waals surface area (Å²) in [7, 11) is 0. The summed E-state index contributed by atoms with van der Waals surface area (Å²) >= 11 is 0. The highest BCUT2D eigenvalue weighted by Gasteiger charge is 2.36. The lowest BCUT2D eigenvalue weighted by Crippen LogP contribution is -2.47. The fourth-order valence-corrected chi connectivity index (χ4v) is 3.64. The molecule has 1 amide bonds. The van der Waals surface area contributed by atoms with Gasteiger partial charge in [-0.15, -0.1) is 0 Å². The molecule has 1 fully saturated rings. The number of benzene rings is 2. The van der Waals surface area contributed by atoms with E-state index in [1.54, 1.807) is 0 Å². The molecule has 1 saturated heterocycles. The van der Waals surface area contributed by atoms with Crippen molar-refractivity contribution in [3.05, 3.63) is 59.7 Å². The Morgan fingerprint density at radius 3 is 2.81 bits per heavy atom. The standard InChI is InChI=1S/C21H21N3O2/c1-14-6-2-4-8-17(14)23-20(25)13-24-11-10-19-16(12-24)21(26)15-7-3-5-9-18(15)22-19/h2-9,16H,10-13H2,1H3,(H,23,25). The highest BCUT2D eigenvalue weighted by molar-refractivity contribution is 6.18. The summed E-state index contributed by atoms with van der Waals surface area (Å²) in [6, 6.07) is 15.2. The quantitative estimate of drug-likeness (QED) is 0.927. The second-order valence-corrected chi connectivity index (χ2v) is 6.89. The van der Waals surface area contributed by atoms with Crippen LogP contribution < -0.4 is 5.32 Å². The molecule has 2 aromatic carbocycles. The first kappa shape index (κ1) is 16.7. The number of hydrogen-bond acceptors (Lipinski definition) is 4. The second kappa shape index (κ2) is 6.84. The molecule has 2 heterocycles. The molecule has 5 heteroatoms. The Labute approximate surface area is 152 Å². The maximum Gasteiger partial charge on any atom is 0.238 e. The van der Waals surface area contributed by atoms with Crippen LogP contribution in [0, 0.1) is 12.8 Å². The van der Waals surface area contributed by atoms with Gasteiger partial charge in [0.25, 0.3) is 0 Å². The predicted molar refractivity (Wildman–Crippen MR) is 102 cm³/mol. The maximum absolute atomic E-state index is 12.8. The number of aryl methyl sites for hydroxylation is 1. The normalized spacial score (nSPS) is 19.3. The third kappa shape index (κ3) is 3.18. The van der Waals surface area contributed by atoms with Crippen LogP contribution in [0.2, 0.25) is 0 Å². The van der Waals surface area contributed by atoms with Gasteiger partial charge in [0, 0.05) is 30.1 Å². The molecule has 0 aliphatic carbocycles. The first-order valence-electron chi connectivity index (χ1n) is 8.90. The van der Waals surface area contributed by atoms with Gasteiger partial charge in [-0.3, -0.25) is 19.5 Å². The van der Waals surface area contributed by atoms with Crippen LogP contribution in [0.1, 0.15) is 22.3 Å². The van der Waals surface area contributed by atoms with Gasteiger partial charge in [0.1, 0.15) is 0 Å². The number of hydrogen-bond donors (Lipinski definition) is 1. The molecule has 4 rings (SSSR count). The maximum atomic E-state index is 12.8. The largest absolute Gasteiger partial charge is 0.325 e. The highest BCUT2D eigenvalue weighted by Crippen LogP contribution is 2.31. The molecule has 5 nitrogen and oxygen atoms in total. The molecular weight excluding hydrogens is 326 g/mol. The van der Waals surface area contributed by atoms with Crippen LogP contribution in [0.5, 0.6) is 0 Å². The average Bonchev–Trinajstić information content (AvgIpc) is 2.64. The fourth-order valence-electron chi connectivity index (χ4n) is 3.64. The van der Waals surface area contributed by atoms with Gasteiger partial charge >= 0.3 is 0 Å². The summed E-state index contributed by atoms with van der Waals surface area (Å²) in [5, 5.41) is 2.96. The zero-order valence-electron chi connectivity index (χ0n) is 14.7. The number of piperidine rings is 1. The van der Waals surface area contributed by atoms with Gasteiger partial charge in [-0.05, 0) is 37.1 Å². The molecule has 2 aromatic rings. The summed E-state index contributed by atoms with van der Waals surface area (Å²) in [5.74, 6) is -0.164. The lowest BCUT2D eigenvalue weighted by molar-refractivity contribution is -0.117. The Morgan fingerprint density at radius 1 is 1.19 bits per heavy atom. The van der Waals surface area contributed by atoms with E-state index in [1.807, 2.05) is 60.4 Å². The second-order valence-electron chi connectivity index (χ2n) is 6.89. The van der Waals surface area contributed by atoms with E-state index in [1.165, 1.54) is 0 Å². The molecule has 1 atom stereocenters. The van der Waals surface area contributed by atoms with Gasteiger partial charge in [0.15, 0.2) is 5.78 Å². The molecular formula is C21H21N3O2. The smallest absolute Gasteiger partial charge is 0.238 e. The number of nitrogens with one attached hydrogen (secondary N) is 1. The minimum absolute atomic E-state index is 0.0525. The van der Waals surface area contributed by atoms with Crippen molar-refractivity contribution in [2.75, 3.05) is 25.0 Å². The summed E-state index contributed by atoms with van der Waals surface area (Å²) in [4.78, 5) is 31.9. The molecule has 0 radical (unpaired) electrons. The third-order valence-electron chi connectivity index (χ3n) is 5.06. The Bertz CT molecular complexity index is 904. The number of Topliss-reactive ketones (excluding diaryl/α,β-unsaturated/α-hetero) is 1. The number of nitrogens with zero attached hydrogens (tertiary/aromatic N) is 2. The Balaban J connectivity index is 1.44. The summed E-state index contributed by atoms with van der Waals surface area (Å²) in [6.07, 6.45) is 0.725. The molecule has 0 spiro atoms. The zero-order valence-corrected chi connectivity index (χ0v) is 14.7. The van der Waals surface area contributed by atoms with E-state index >= 15 is 0 Å². The van der Waals surface area contributed by atoms with Crippen LogP contribution in [0.3, 0.4) is 0 Å². The van der Waals surface area contributed by atoms with E-state index in [9.17, 15) is 9.59 Å². The van der Waals surface area contributed by atoms with Crippen molar-refractivity contribution in [1.29, 1.82) is 0 Å². The van der Waals surface area contributed by atoms with Gasteiger partial charge in [0.2, 0.25) is 5.91 Å². The first-order valence-corrected chi connectivity index (χ1v) is 8.90. The minimum Gasteiger partial charge on any atom is -0.325 e. The number of ketones is 1. The van der Waals surface area contributed by atoms with E-state index in [0.29, 0.717) is 12.1 Å². The van der Waals surface area contributed by atoms with Gasteiger partial charge in [-0.25, -0.2) is 0 Å². The number of fused-ring (bicyclic) bond motifs is 2. The molecule has 132 valence electrons. The third-order valence-corrected chi connectivity index (χ3v) is 5.06. The van der Waals surface area contributed by atoms with Gasteiger partial charge in [-0.2, -0.15) is 0 Å². The fraction of sp³-hybridized carbons (Fsp3) is 0.286. The molecule has 0 aromatic heterocycles. The molecule has 26 heavy (non-hydrogen) atoms. The van der Waals surface area contributed by atoms with Crippen molar-refractivity contribution in [2.24, 2.45) is 10.9 Å². The first-order chi connectivity index (χ1) is 12.6. The molecule has 2 aliphatic rings. The number of carbonyl (C=O) groups is 2. The van der Waals surface area contributed by atoms with Crippen LogP contribution >= 0.6 is 0 Å². The number of anilines is 1. The van der Waals surface area contributed by atoms with Crippen LogP contribution in [0.15, 0.2) is 53.5 Å². The monoisotopic (exact) mass is 347 g/mol. The molecule has 0 saturated carbocycles. The van der Waals surface area contributed by atoms with Crippen molar-refractivity contribution in [3.63, 3.8) is 0 Å². The Morgan fingerprint density at radius 2 is 1.96 bits per heavy atom. The summed E-state index contributed by atoms with van der Waals surface area (Å²) < 4.78 is 0. The van der Waals surface area contributed by atoms with E-state index in [2.05, 4.69) is 10.3 Å². The summed E-state index contributed by atoms with van der Waals surface area (Å²) in [5.41, 5.74) is 4.28. The highest BCUT2D eigenvalue weighted by atomic mass is 16.2. The van der Waals surface area contributed by atoms with E-state index in [-0.39, 0.29) is 24.2 Å². The zero-order chi connectivity index (χ0) is 18.1. The van der Waals surface area contributed by atoms with Crippen molar-refractivity contribution in [2.45, 2.75) is 13.3 Å². The van der Waals surface area contributed by atoms with Crippen molar-refractivity contribution < 1.29 is 9.59 Å². The number of aliphatic imine (C=N–C) groups is 1. The van der Waals surface area contributed by atoms with E-state index in [0.717, 1.165) is 35.6 Å². The molecule has 1 N–H and O–H groups in total. The SMILES string of the molecule is Cc1ccccc1NC(=O)CN1CCC2=Nc3ccccc3C(=O)C2C1. The van der Waals surface area contributed by atoms with Gasteiger partial charge in [0.05, 0.1) is 18.2 Å². The van der Waals surface area contributed by atoms with Gasteiger partial charge < -0.3 is 5.32 Å². The van der Waals surface area contributed by atoms with Gasteiger partial charge in [-0.1, -0.05) is 30.3 Å². The van der Waals surface area contributed by atoms with Crippen molar-refractivity contribution in [1.82, 2.24) is 4.90 Å². The number of rotatable bonds is 3. The number of amides is 1. The summed E-state index contributed by atoms with van der Waals surface area (Å²) in [6.45, 7) is 3.55. The number of carbonyl (C=O) groups excluding carboxylic acids is 2. The Hall–Kier alpha value is -2.79. The topological polar surface area (TPSA) is 61.8 Å². The molecule has 2 aliphatic heterocycles. The average molecular weight is 347 g/mol. The molecule has 1 unspecified atom stereocenters. The van der Waals surface area contributed by atoms with E-state index in [4.69, 9.17) is 0 Å². The van der Waals surface area contributed by atoms with Crippen molar-refractivity contribution in [3.8, 4) is 0 Å². The Kier molecular flexibility index (Phi) is 4.39. The lowest BCUT2D eigenvalue weighted by Gasteiger charge is -2.34. The van der Waals surface area contributed by atoms with Crippen LogP contribution in [0.25, 0.3) is 0 Å². The molecule has 0 bridgehead atoms. The number of likely N-dealkylation sites (tertiary alicyclic amines) is 1. The minimum atomic E-state index is -0.232.